The molecule has 0 fully saturated rings. The van der Waals surface area contributed by atoms with Gasteiger partial charge < -0.3 is 14.7 Å². The van der Waals surface area contributed by atoms with Gasteiger partial charge in [-0.1, -0.05) is 29.8 Å². The van der Waals surface area contributed by atoms with E-state index in [1.54, 1.807) is 19.2 Å². The van der Waals surface area contributed by atoms with E-state index in [0.29, 0.717) is 11.6 Å². The molecule has 0 radical (unpaired) electrons. The molecule has 0 aliphatic carbocycles. The van der Waals surface area contributed by atoms with E-state index >= 15 is 0 Å². The minimum Gasteiger partial charge on any atom is -0.506 e. The van der Waals surface area contributed by atoms with Gasteiger partial charge in [0, 0.05) is 13.6 Å². The number of phenols is 1. The van der Waals surface area contributed by atoms with Gasteiger partial charge in [-0.15, -0.1) is 0 Å². The number of halogens is 1. The molecule has 2 aromatic carbocycles. The second-order valence-corrected chi connectivity index (χ2v) is 4.72. The highest BCUT2D eigenvalue weighted by atomic mass is 35.5. The van der Waals surface area contributed by atoms with E-state index in [4.69, 9.17) is 16.3 Å². The number of aromatic hydroxyl groups is 1. The van der Waals surface area contributed by atoms with Crippen LogP contribution in [0.1, 0.15) is 5.56 Å². The Morgan fingerprint density at radius 3 is 2.63 bits per heavy atom. The van der Waals surface area contributed by atoms with Crippen molar-refractivity contribution in [2.75, 3.05) is 19.1 Å². The third kappa shape index (κ3) is 3.12. The van der Waals surface area contributed by atoms with Crippen LogP contribution in [0.5, 0.6) is 11.5 Å². The van der Waals surface area contributed by atoms with Crippen LogP contribution in [-0.2, 0) is 6.54 Å². The number of benzene rings is 2. The molecule has 19 heavy (non-hydrogen) atoms. The quantitative estimate of drug-likeness (QED) is 0.925. The number of anilines is 1. The van der Waals surface area contributed by atoms with Gasteiger partial charge in [-0.25, -0.2) is 0 Å². The fraction of sp³-hybridized carbons (Fsp3) is 0.200. The first-order chi connectivity index (χ1) is 9.11. The summed E-state index contributed by atoms with van der Waals surface area (Å²) in [5.74, 6) is 0.931. The van der Waals surface area contributed by atoms with E-state index in [1.807, 2.05) is 37.4 Å². The highest BCUT2D eigenvalue weighted by Gasteiger charge is 2.08. The van der Waals surface area contributed by atoms with Gasteiger partial charge in [0.2, 0.25) is 0 Å². The Morgan fingerprint density at radius 1 is 1.21 bits per heavy atom. The second kappa shape index (κ2) is 5.85. The van der Waals surface area contributed by atoms with E-state index < -0.39 is 0 Å². The predicted octanol–water partition coefficient (Wildman–Crippen LogP) is 3.69. The molecule has 3 nitrogen and oxygen atoms in total. The number of nitrogens with zero attached hydrogens (tertiary/aromatic N) is 1. The Labute approximate surface area is 118 Å². The van der Waals surface area contributed by atoms with E-state index in [1.165, 1.54) is 0 Å². The zero-order valence-corrected chi connectivity index (χ0v) is 11.7. The number of para-hydroxylation sites is 2. The second-order valence-electron chi connectivity index (χ2n) is 4.31. The first-order valence-electron chi connectivity index (χ1n) is 5.93. The first kappa shape index (κ1) is 13.6. The van der Waals surface area contributed by atoms with Crippen molar-refractivity contribution < 1.29 is 9.84 Å². The molecule has 0 spiro atoms. The standard InChI is InChI=1S/C15H16ClNO2/c1-17(13-5-3-4-6-15(13)19-2)10-11-7-8-14(18)12(16)9-11/h3-9,18H,10H2,1-2H3. The van der Waals surface area contributed by atoms with Crippen molar-refractivity contribution in [3.05, 3.63) is 53.1 Å². The normalized spacial score (nSPS) is 10.3. The fourth-order valence-corrected chi connectivity index (χ4v) is 2.16. The van der Waals surface area contributed by atoms with Crippen LogP contribution in [0.4, 0.5) is 5.69 Å². The van der Waals surface area contributed by atoms with Crippen molar-refractivity contribution >= 4 is 17.3 Å². The van der Waals surface area contributed by atoms with Crippen LogP contribution in [0, 0.1) is 0 Å². The Hall–Kier alpha value is -1.87. The highest BCUT2D eigenvalue weighted by molar-refractivity contribution is 6.32. The van der Waals surface area contributed by atoms with E-state index in [2.05, 4.69) is 4.90 Å². The van der Waals surface area contributed by atoms with Crippen LogP contribution in [0.2, 0.25) is 5.02 Å². The summed E-state index contributed by atoms with van der Waals surface area (Å²) in [4.78, 5) is 2.07. The maximum atomic E-state index is 9.41. The van der Waals surface area contributed by atoms with Gasteiger partial charge in [-0.3, -0.25) is 0 Å². The summed E-state index contributed by atoms with van der Waals surface area (Å²) in [5.41, 5.74) is 2.03. The SMILES string of the molecule is COc1ccccc1N(C)Cc1ccc(O)c(Cl)c1. The molecule has 0 heterocycles. The highest BCUT2D eigenvalue weighted by Crippen LogP contribution is 2.29. The molecular weight excluding hydrogens is 262 g/mol. The minimum absolute atomic E-state index is 0.102. The lowest BCUT2D eigenvalue weighted by Gasteiger charge is -2.21. The molecule has 0 saturated carbocycles. The third-order valence-electron chi connectivity index (χ3n) is 2.93. The molecule has 0 bridgehead atoms. The Morgan fingerprint density at radius 2 is 1.95 bits per heavy atom. The van der Waals surface area contributed by atoms with Crippen LogP contribution in [0.15, 0.2) is 42.5 Å². The summed E-state index contributed by atoms with van der Waals surface area (Å²) in [6.07, 6.45) is 0. The first-order valence-corrected chi connectivity index (χ1v) is 6.31. The molecule has 2 rings (SSSR count). The van der Waals surface area contributed by atoms with Gasteiger partial charge in [0.05, 0.1) is 17.8 Å². The van der Waals surface area contributed by atoms with Crippen LogP contribution in [-0.4, -0.2) is 19.3 Å². The average Bonchev–Trinajstić information content (AvgIpc) is 2.43. The van der Waals surface area contributed by atoms with Gasteiger partial charge in [0.15, 0.2) is 0 Å². The van der Waals surface area contributed by atoms with Crippen molar-refractivity contribution in [2.24, 2.45) is 0 Å². The summed E-state index contributed by atoms with van der Waals surface area (Å²) in [6.45, 7) is 0.681. The molecule has 100 valence electrons. The molecule has 4 heteroatoms. The summed E-state index contributed by atoms with van der Waals surface area (Å²) in [5, 5.41) is 9.78. The molecule has 0 aliphatic rings. The molecule has 2 aromatic rings. The van der Waals surface area contributed by atoms with Crippen LogP contribution in [0.25, 0.3) is 0 Å². The molecule has 0 aliphatic heterocycles. The van der Waals surface area contributed by atoms with E-state index in [9.17, 15) is 5.11 Å². The Kier molecular flexibility index (Phi) is 4.17. The van der Waals surface area contributed by atoms with Gasteiger partial charge in [-0.05, 0) is 29.8 Å². The molecule has 1 N–H and O–H groups in total. The predicted molar refractivity (Wildman–Crippen MR) is 78.2 cm³/mol. The molecule has 0 unspecified atom stereocenters. The molecule has 0 atom stereocenters. The number of hydrogen-bond acceptors (Lipinski definition) is 3. The maximum absolute atomic E-state index is 9.41. The Balaban J connectivity index is 2.20. The largest absolute Gasteiger partial charge is 0.506 e. The number of phenolic OH excluding ortho intramolecular Hbond substituents is 1. The van der Waals surface area contributed by atoms with Crippen molar-refractivity contribution in [3.8, 4) is 11.5 Å². The smallest absolute Gasteiger partial charge is 0.142 e. The lowest BCUT2D eigenvalue weighted by molar-refractivity contribution is 0.415. The minimum atomic E-state index is 0.102. The van der Waals surface area contributed by atoms with Crippen molar-refractivity contribution in [1.82, 2.24) is 0 Å². The van der Waals surface area contributed by atoms with Crippen LogP contribution < -0.4 is 9.64 Å². The number of rotatable bonds is 4. The summed E-state index contributed by atoms with van der Waals surface area (Å²) in [6, 6.07) is 13.1. The number of methoxy groups -OCH3 is 1. The fourth-order valence-electron chi connectivity index (χ4n) is 1.95. The van der Waals surface area contributed by atoms with Crippen LogP contribution >= 0.6 is 11.6 Å². The number of ether oxygens (including phenoxy) is 1. The summed E-state index contributed by atoms with van der Waals surface area (Å²) in [7, 11) is 3.64. The summed E-state index contributed by atoms with van der Waals surface area (Å²) < 4.78 is 5.34. The lowest BCUT2D eigenvalue weighted by atomic mass is 10.2. The zero-order chi connectivity index (χ0) is 13.8. The van der Waals surface area contributed by atoms with Crippen LogP contribution in [0.3, 0.4) is 0 Å². The Bertz CT molecular complexity index is 572. The lowest BCUT2D eigenvalue weighted by Crippen LogP contribution is -2.17. The number of hydrogen-bond donors (Lipinski definition) is 1. The molecule has 0 amide bonds. The van der Waals surface area contributed by atoms with E-state index in [-0.39, 0.29) is 5.75 Å². The molecular formula is C15H16ClNO2. The monoisotopic (exact) mass is 277 g/mol. The van der Waals surface area contributed by atoms with Crippen molar-refractivity contribution in [2.45, 2.75) is 6.54 Å². The van der Waals surface area contributed by atoms with E-state index in [0.717, 1.165) is 17.0 Å². The maximum Gasteiger partial charge on any atom is 0.142 e. The molecule has 0 saturated heterocycles. The van der Waals surface area contributed by atoms with Gasteiger partial charge >= 0.3 is 0 Å². The van der Waals surface area contributed by atoms with Gasteiger partial charge in [-0.2, -0.15) is 0 Å². The third-order valence-corrected chi connectivity index (χ3v) is 3.23. The zero-order valence-electron chi connectivity index (χ0n) is 10.9. The van der Waals surface area contributed by atoms with Crippen molar-refractivity contribution in [3.63, 3.8) is 0 Å². The topological polar surface area (TPSA) is 32.7 Å². The molecule has 0 aromatic heterocycles. The van der Waals surface area contributed by atoms with Crippen molar-refractivity contribution in [1.29, 1.82) is 0 Å². The van der Waals surface area contributed by atoms with Gasteiger partial charge in [0.1, 0.15) is 11.5 Å². The summed E-state index contributed by atoms with van der Waals surface area (Å²) >= 11 is 5.91. The van der Waals surface area contributed by atoms with Gasteiger partial charge in [0.25, 0.3) is 0 Å². The average molecular weight is 278 g/mol.